The smallest absolute Gasteiger partial charge is 0.307 e. The van der Waals surface area contributed by atoms with Crippen molar-refractivity contribution in [1.29, 1.82) is 0 Å². The van der Waals surface area contributed by atoms with Crippen LogP contribution in [-0.2, 0) is 11.3 Å². The van der Waals surface area contributed by atoms with Crippen molar-refractivity contribution in [2.45, 2.75) is 27.3 Å². The highest BCUT2D eigenvalue weighted by molar-refractivity contribution is 5.69. The summed E-state index contributed by atoms with van der Waals surface area (Å²) in [4.78, 5) is 15.7. The molecule has 0 fully saturated rings. The molecule has 118 valence electrons. The number of carboxylic acids is 1. The van der Waals surface area contributed by atoms with Gasteiger partial charge in [0.05, 0.1) is 5.92 Å². The first-order chi connectivity index (χ1) is 10.1. The van der Waals surface area contributed by atoms with Gasteiger partial charge in [0.2, 0.25) is 0 Å². The van der Waals surface area contributed by atoms with Gasteiger partial charge in [-0.15, -0.1) is 0 Å². The molecule has 4 nitrogen and oxygen atoms in total. The second kappa shape index (κ2) is 9.53. The average Bonchev–Trinajstić information content (AvgIpc) is 2.49. The quantitative estimate of drug-likeness (QED) is 0.720. The largest absolute Gasteiger partial charge is 0.481 e. The van der Waals surface area contributed by atoms with E-state index < -0.39 is 5.97 Å². The maximum Gasteiger partial charge on any atom is 0.307 e. The van der Waals surface area contributed by atoms with Crippen molar-refractivity contribution < 1.29 is 9.90 Å². The van der Waals surface area contributed by atoms with Gasteiger partial charge in [0.1, 0.15) is 0 Å². The van der Waals surface area contributed by atoms with Crippen LogP contribution in [0.25, 0.3) is 0 Å². The lowest BCUT2D eigenvalue weighted by molar-refractivity contribution is -0.141. The molecule has 1 aromatic rings. The van der Waals surface area contributed by atoms with Crippen LogP contribution in [0.3, 0.4) is 0 Å². The minimum absolute atomic E-state index is 0.342. The monoisotopic (exact) mass is 292 g/mol. The van der Waals surface area contributed by atoms with Gasteiger partial charge in [-0.05, 0) is 18.7 Å². The summed E-state index contributed by atoms with van der Waals surface area (Å²) in [5.41, 5.74) is 1.23. The molecule has 1 aromatic carbocycles. The van der Waals surface area contributed by atoms with Gasteiger partial charge in [0.25, 0.3) is 0 Å². The van der Waals surface area contributed by atoms with Crippen LogP contribution in [0.1, 0.15) is 26.3 Å². The number of rotatable bonds is 10. The molecule has 0 saturated heterocycles. The van der Waals surface area contributed by atoms with E-state index in [1.165, 1.54) is 5.56 Å². The molecule has 0 aliphatic heterocycles. The van der Waals surface area contributed by atoms with Crippen molar-refractivity contribution in [3.8, 4) is 0 Å². The second-order valence-electron chi connectivity index (χ2n) is 5.49. The van der Waals surface area contributed by atoms with E-state index in [2.05, 4.69) is 35.8 Å². The van der Waals surface area contributed by atoms with Crippen LogP contribution in [0.4, 0.5) is 0 Å². The molecular formula is C17H28N2O2. The Labute approximate surface area is 128 Å². The predicted molar refractivity (Wildman–Crippen MR) is 86.3 cm³/mol. The highest BCUT2D eigenvalue weighted by Crippen LogP contribution is 2.08. The van der Waals surface area contributed by atoms with E-state index >= 15 is 0 Å². The lowest BCUT2D eigenvalue weighted by Crippen LogP contribution is -2.38. The highest BCUT2D eigenvalue weighted by atomic mass is 16.4. The molecule has 1 atom stereocenters. The molecule has 0 aromatic heterocycles. The number of aliphatic carboxylic acids is 1. The fraction of sp³-hybridized carbons (Fsp3) is 0.588. The molecule has 0 spiro atoms. The van der Waals surface area contributed by atoms with Crippen LogP contribution in [-0.4, -0.2) is 53.6 Å². The van der Waals surface area contributed by atoms with Crippen molar-refractivity contribution in [3.63, 3.8) is 0 Å². The summed E-state index contributed by atoms with van der Waals surface area (Å²) in [7, 11) is 0. The zero-order valence-electron chi connectivity index (χ0n) is 13.5. The highest BCUT2D eigenvalue weighted by Gasteiger charge is 2.16. The van der Waals surface area contributed by atoms with E-state index in [0.29, 0.717) is 6.54 Å². The average molecular weight is 292 g/mol. The summed E-state index contributed by atoms with van der Waals surface area (Å²) < 4.78 is 0. The molecule has 0 aliphatic carbocycles. The molecule has 0 aliphatic rings. The molecule has 0 saturated carbocycles. The number of hydrogen-bond acceptors (Lipinski definition) is 3. The first-order valence-corrected chi connectivity index (χ1v) is 7.78. The number of hydrogen-bond donors (Lipinski definition) is 1. The fourth-order valence-corrected chi connectivity index (χ4v) is 2.36. The normalized spacial score (nSPS) is 12.8. The Kier molecular flexibility index (Phi) is 8.01. The van der Waals surface area contributed by atoms with Crippen molar-refractivity contribution >= 4 is 5.97 Å². The Morgan fingerprint density at radius 3 is 2.19 bits per heavy atom. The minimum Gasteiger partial charge on any atom is -0.481 e. The van der Waals surface area contributed by atoms with Gasteiger partial charge in [0, 0.05) is 26.2 Å². The Morgan fingerprint density at radius 1 is 1.10 bits per heavy atom. The molecule has 0 radical (unpaired) electrons. The molecule has 0 bridgehead atoms. The molecule has 1 unspecified atom stereocenters. The maximum atomic E-state index is 11.1. The third kappa shape index (κ3) is 6.74. The van der Waals surface area contributed by atoms with Crippen molar-refractivity contribution in [2.75, 3.05) is 32.7 Å². The van der Waals surface area contributed by atoms with E-state index in [1.54, 1.807) is 6.92 Å². The van der Waals surface area contributed by atoms with Gasteiger partial charge in [-0.3, -0.25) is 9.69 Å². The lowest BCUT2D eigenvalue weighted by Gasteiger charge is -2.27. The topological polar surface area (TPSA) is 43.8 Å². The summed E-state index contributed by atoms with van der Waals surface area (Å²) in [5.74, 6) is -1.07. The van der Waals surface area contributed by atoms with Gasteiger partial charge in [-0.25, -0.2) is 0 Å². The lowest BCUT2D eigenvalue weighted by atomic mass is 10.1. The Balaban J connectivity index is 2.63. The minimum atomic E-state index is -0.726. The first kappa shape index (κ1) is 17.7. The summed E-state index contributed by atoms with van der Waals surface area (Å²) in [6, 6.07) is 10.2. The molecule has 0 heterocycles. The Morgan fingerprint density at radius 2 is 1.67 bits per heavy atom. The second-order valence-corrected chi connectivity index (χ2v) is 5.49. The van der Waals surface area contributed by atoms with Gasteiger partial charge in [-0.1, -0.05) is 51.1 Å². The van der Waals surface area contributed by atoms with Gasteiger partial charge < -0.3 is 10.0 Å². The van der Waals surface area contributed by atoms with Crippen LogP contribution in [0.2, 0.25) is 0 Å². The molecule has 21 heavy (non-hydrogen) atoms. The first-order valence-electron chi connectivity index (χ1n) is 7.78. The summed E-state index contributed by atoms with van der Waals surface area (Å²) >= 11 is 0. The summed E-state index contributed by atoms with van der Waals surface area (Å²) in [5, 5.41) is 9.13. The van der Waals surface area contributed by atoms with Crippen molar-refractivity contribution in [3.05, 3.63) is 35.9 Å². The van der Waals surface area contributed by atoms with Crippen LogP contribution >= 0.6 is 0 Å². The SMILES string of the molecule is CCN(CC)CCN(Cc1ccccc1)CC(C)C(=O)O. The van der Waals surface area contributed by atoms with Crippen molar-refractivity contribution in [2.24, 2.45) is 5.92 Å². The zero-order valence-corrected chi connectivity index (χ0v) is 13.5. The van der Waals surface area contributed by atoms with Crippen LogP contribution in [0.15, 0.2) is 30.3 Å². The molecule has 0 amide bonds. The van der Waals surface area contributed by atoms with E-state index in [-0.39, 0.29) is 5.92 Å². The molecule has 1 rings (SSSR count). The van der Waals surface area contributed by atoms with Gasteiger partial charge in [-0.2, -0.15) is 0 Å². The Hall–Kier alpha value is -1.39. The molecule has 4 heteroatoms. The summed E-state index contributed by atoms with van der Waals surface area (Å²) in [6.45, 7) is 11.4. The number of likely N-dealkylation sites (N-methyl/N-ethyl adjacent to an activating group) is 1. The standard InChI is InChI=1S/C17H28N2O2/c1-4-18(5-2)11-12-19(13-15(3)17(20)21)14-16-9-7-6-8-10-16/h6-10,15H,4-5,11-14H2,1-3H3,(H,20,21). The third-order valence-electron chi connectivity index (χ3n) is 3.83. The maximum absolute atomic E-state index is 11.1. The predicted octanol–water partition coefficient (Wildman–Crippen LogP) is 2.55. The number of carboxylic acid groups (broad SMARTS) is 1. The molecular weight excluding hydrogens is 264 g/mol. The van der Waals surface area contributed by atoms with Crippen molar-refractivity contribution in [1.82, 2.24) is 9.80 Å². The fourth-order valence-electron chi connectivity index (χ4n) is 2.36. The third-order valence-corrected chi connectivity index (χ3v) is 3.83. The zero-order chi connectivity index (χ0) is 15.7. The number of nitrogens with zero attached hydrogens (tertiary/aromatic N) is 2. The van der Waals surface area contributed by atoms with Crippen LogP contribution < -0.4 is 0 Å². The summed E-state index contributed by atoms with van der Waals surface area (Å²) in [6.07, 6.45) is 0. The van der Waals surface area contributed by atoms with E-state index in [1.807, 2.05) is 18.2 Å². The number of carbonyl (C=O) groups is 1. The Bertz CT molecular complexity index is 405. The van der Waals surface area contributed by atoms with Crippen LogP contribution in [0, 0.1) is 5.92 Å². The molecule has 1 N–H and O–H groups in total. The van der Waals surface area contributed by atoms with E-state index in [4.69, 9.17) is 5.11 Å². The van der Waals surface area contributed by atoms with E-state index in [0.717, 1.165) is 32.7 Å². The van der Waals surface area contributed by atoms with Crippen LogP contribution in [0.5, 0.6) is 0 Å². The van der Waals surface area contributed by atoms with Gasteiger partial charge in [0.15, 0.2) is 0 Å². The van der Waals surface area contributed by atoms with E-state index in [9.17, 15) is 4.79 Å². The van der Waals surface area contributed by atoms with Gasteiger partial charge >= 0.3 is 5.97 Å². The number of benzene rings is 1.